The summed E-state index contributed by atoms with van der Waals surface area (Å²) in [5.74, 6) is 1.29. The van der Waals surface area contributed by atoms with Gasteiger partial charge < -0.3 is 24.3 Å². The fraction of sp³-hybridized carbons (Fsp3) is 0.548. The van der Waals surface area contributed by atoms with Gasteiger partial charge in [-0.2, -0.15) is 0 Å². The van der Waals surface area contributed by atoms with Gasteiger partial charge in [-0.3, -0.25) is 9.58 Å². The Morgan fingerprint density at radius 1 is 1.09 bits per heavy atom. The molecule has 14 nitrogen and oxygen atoms in total. The number of hydrogen-bond acceptors (Lipinski definition) is 12. The van der Waals surface area contributed by atoms with Gasteiger partial charge in [0.15, 0.2) is 0 Å². The highest BCUT2D eigenvalue weighted by Gasteiger charge is 2.29. The number of rotatable bonds is 14. The van der Waals surface area contributed by atoms with Crippen LogP contribution in [0, 0.1) is 0 Å². The molecule has 6 rings (SSSR count). The van der Waals surface area contributed by atoms with Crippen molar-refractivity contribution in [2.24, 2.45) is 0 Å². The lowest BCUT2D eigenvalue weighted by atomic mass is 9.90. The first-order valence-corrected chi connectivity index (χ1v) is 16.0. The van der Waals surface area contributed by atoms with E-state index in [0.717, 1.165) is 63.1 Å². The number of ether oxygens (including phenoxy) is 4. The summed E-state index contributed by atoms with van der Waals surface area (Å²) in [6, 6.07) is 6.31. The molecule has 3 aromatic heterocycles. The Labute approximate surface area is 277 Å². The molecular formula is C31H41ClN10O4. The van der Waals surface area contributed by atoms with E-state index < -0.39 is 7.04 Å². The molecule has 1 aromatic carbocycles. The first kappa shape index (κ1) is 28.4. The minimum absolute atomic E-state index is 0.0474. The van der Waals surface area contributed by atoms with E-state index in [2.05, 4.69) is 35.7 Å². The van der Waals surface area contributed by atoms with E-state index in [1.54, 1.807) is 23.1 Å². The predicted molar refractivity (Wildman–Crippen MR) is 172 cm³/mol. The summed E-state index contributed by atoms with van der Waals surface area (Å²) in [5, 5.41) is 19.7. The number of aromatic nitrogens is 8. The lowest BCUT2D eigenvalue weighted by Gasteiger charge is -2.38. The van der Waals surface area contributed by atoms with Gasteiger partial charge in [-0.05, 0) is 60.7 Å². The molecule has 1 aliphatic carbocycles. The van der Waals surface area contributed by atoms with Crippen LogP contribution >= 0.6 is 11.6 Å². The van der Waals surface area contributed by atoms with Crippen molar-refractivity contribution in [3.05, 3.63) is 48.1 Å². The van der Waals surface area contributed by atoms with E-state index in [0.29, 0.717) is 47.3 Å². The Bertz CT molecular complexity index is 1610. The zero-order chi connectivity index (χ0) is 34.2. The molecule has 1 saturated carbocycles. The standard InChI is InChI=1S/C31H41ClN10O4/c1-22(19-41-21-35-38-39-41)46-29-16-23(4-9-27(29)32)24-17-33-31(34-18-24)36-28-20-42(37-30(28)45-13-3-12-43-2)26-7-5-25(6-8-26)40-10-14-44-15-11-40/h4,9,16-18,20-22,25-26H,3,5-8,10-15,19H2,1-2H3,(H,33,34,36)/t22-,25?,26?/m0/s1/i2D3. The van der Waals surface area contributed by atoms with Gasteiger partial charge in [-0.15, -0.1) is 10.2 Å². The molecule has 15 heteroatoms. The maximum atomic E-state index is 7.24. The Balaban J connectivity index is 1.12. The third-order valence-corrected chi connectivity index (χ3v) is 8.57. The lowest BCUT2D eigenvalue weighted by molar-refractivity contribution is 0.00503. The molecule has 46 heavy (non-hydrogen) atoms. The first-order valence-electron chi connectivity index (χ1n) is 17.1. The number of nitrogens with one attached hydrogen (secondary N) is 1. The number of anilines is 2. The molecule has 4 aromatic rings. The smallest absolute Gasteiger partial charge is 0.256 e. The summed E-state index contributed by atoms with van der Waals surface area (Å²) in [6.45, 7) is 6.24. The van der Waals surface area contributed by atoms with E-state index in [1.807, 2.05) is 29.9 Å². The van der Waals surface area contributed by atoms with Crippen LogP contribution in [0.25, 0.3) is 11.1 Å². The van der Waals surface area contributed by atoms with Gasteiger partial charge >= 0.3 is 0 Å². The van der Waals surface area contributed by atoms with E-state index in [9.17, 15) is 0 Å². The van der Waals surface area contributed by atoms with Crippen LogP contribution in [-0.2, 0) is 16.0 Å². The topological polar surface area (TPSA) is 139 Å². The van der Waals surface area contributed by atoms with Gasteiger partial charge in [-0.25, -0.2) is 14.6 Å². The largest absolute Gasteiger partial charge is 0.487 e. The fourth-order valence-electron chi connectivity index (χ4n) is 5.90. The first-order chi connectivity index (χ1) is 23.7. The van der Waals surface area contributed by atoms with Gasteiger partial charge in [0, 0.05) is 57.2 Å². The van der Waals surface area contributed by atoms with Crippen molar-refractivity contribution in [1.82, 2.24) is 44.9 Å². The van der Waals surface area contributed by atoms with Crippen LogP contribution in [0.5, 0.6) is 11.6 Å². The van der Waals surface area contributed by atoms with E-state index in [1.165, 1.54) is 6.33 Å². The number of halogens is 1. The van der Waals surface area contributed by atoms with Crippen molar-refractivity contribution in [2.45, 2.75) is 63.8 Å². The summed E-state index contributed by atoms with van der Waals surface area (Å²) >= 11 is 6.44. The molecule has 0 amide bonds. The van der Waals surface area contributed by atoms with Gasteiger partial charge in [0.05, 0.1) is 47.7 Å². The third-order valence-electron chi connectivity index (χ3n) is 8.26. The number of nitrogens with zero attached hydrogens (tertiary/aromatic N) is 9. The van der Waals surface area contributed by atoms with E-state index in [-0.39, 0.29) is 25.4 Å². The van der Waals surface area contributed by atoms with Crippen molar-refractivity contribution in [2.75, 3.05) is 51.9 Å². The van der Waals surface area contributed by atoms with E-state index >= 15 is 0 Å². The van der Waals surface area contributed by atoms with Crippen molar-refractivity contribution < 1.29 is 23.1 Å². The van der Waals surface area contributed by atoms with Crippen LogP contribution in [0.1, 0.15) is 49.2 Å². The fourth-order valence-corrected chi connectivity index (χ4v) is 6.06. The monoisotopic (exact) mass is 655 g/mol. The molecule has 2 fully saturated rings. The molecule has 0 radical (unpaired) electrons. The molecule has 4 heterocycles. The highest BCUT2D eigenvalue weighted by Crippen LogP contribution is 2.35. The summed E-state index contributed by atoms with van der Waals surface area (Å²) in [4.78, 5) is 11.7. The predicted octanol–water partition coefficient (Wildman–Crippen LogP) is 4.42. The maximum absolute atomic E-state index is 7.24. The highest BCUT2D eigenvalue weighted by atomic mass is 35.5. The van der Waals surface area contributed by atoms with Crippen LogP contribution in [0.2, 0.25) is 5.02 Å². The molecule has 1 N–H and O–H groups in total. The molecule has 1 aliphatic heterocycles. The molecule has 0 bridgehead atoms. The number of hydrogen-bond donors (Lipinski definition) is 1. The molecular weight excluding hydrogens is 612 g/mol. The minimum Gasteiger partial charge on any atom is -0.487 e. The summed E-state index contributed by atoms with van der Waals surface area (Å²) in [5.41, 5.74) is 2.24. The zero-order valence-corrected chi connectivity index (χ0v) is 26.6. The van der Waals surface area contributed by atoms with Crippen LogP contribution in [-0.4, -0.2) is 104 Å². The second-order valence-electron chi connectivity index (χ2n) is 11.5. The molecule has 246 valence electrons. The van der Waals surface area contributed by atoms with Crippen LogP contribution in [0.3, 0.4) is 0 Å². The Morgan fingerprint density at radius 3 is 2.65 bits per heavy atom. The Morgan fingerprint density at radius 2 is 1.89 bits per heavy atom. The molecule has 1 saturated heterocycles. The SMILES string of the molecule is [2H]C([2H])([2H])OCCCOc1nn(C2CCC(N3CCOCC3)CC2)cc1Nc1ncc(-c2ccc(Cl)c(O[C@@H](C)Cn3cnnn3)c2)cn1. The summed E-state index contributed by atoms with van der Waals surface area (Å²) < 4.78 is 47.8. The Kier molecular flexibility index (Phi) is 9.64. The van der Waals surface area contributed by atoms with Gasteiger partial charge in [-0.1, -0.05) is 17.7 Å². The number of benzene rings is 1. The van der Waals surface area contributed by atoms with Crippen molar-refractivity contribution in [1.29, 1.82) is 0 Å². The zero-order valence-electron chi connectivity index (χ0n) is 28.8. The Hall–Kier alpha value is -3.85. The molecule has 0 spiro atoms. The van der Waals surface area contributed by atoms with Crippen LogP contribution in [0.15, 0.2) is 43.1 Å². The lowest BCUT2D eigenvalue weighted by Crippen LogP contribution is -2.45. The number of methoxy groups -OCH3 is 1. The second kappa shape index (κ2) is 15.6. The quantitative estimate of drug-likeness (QED) is 0.192. The van der Waals surface area contributed by atoms with Crippen molar-refractivity contribution >= 4 is 23.2 Å². The molecule has 0 unspecified atom stereocenters. The average Bonchev–Trinajstić information content (AvgIpc) is 3.76. The van der Waals surface area contributed by atoms with Gasteiger partial charge in [0.2, 0.25) is 5.95 Å². The average molecular weight is 656 g/mol. The van der Waals surface area contributed by atoms with Crippen LogP contribution in [0.4, 0.5) is 11.6 Å². The summed E-state index contributed by atoms with van der Waals surface area (Å²) in [6.07, 6.45) is 11.3. The van der Waals surface area contributed by atoms with Crippen molar-refractivity contribution in [3.63, 3.8) is 0 Å². The maximum Gasteiger partial charge on any atom is 0.256 e. The third kappa shape index (κ3) is 8.29. The molecule has 1 atom stereocenters. The van der Waals surface area contributed by atoms with Gasteiger partial charge in [0.1, 0.15) is 23.9 Å². The van der Waals surface area contributed by atoms with Crippen molar-refractivity contribution in [3.8, 4) is 22.8 Å². The van der Waals surface area contributed by atoms with E-state index in [4.69, 9.17) is 39.8 Å². The highest BCUT2D eigenvalue weighted by molar-refractivity contribution is 6.32. The summed E-state index contributed by atoms with van der Waals surface area (Å²) in [7, 11) is -2.44. The number of morpholine rings is 1. The second-order valence-corrected chi connectivity index (χ2v) is 11.9. The number of tetrazole rings is 1. The minimum atomic E-state index is -2.44. The van der Waals surface area contributed by atoms with Crippen LogP contribution < -0.4 is 14.8 Å². The van der Waals surface area contributed by atoms with Gasteiger partial charge in [0.25, 0.3) is 5.88 Å². The molecule has 2 aliphatic rings. The normalized spacial score (nSPS) is 20.8.